The summed E-state index contributed by atoms with van der Waals surface area (Å²) in [6, 6.07) is 19.7. The standard InChI is InChI=1S/C27H27Cl2N3O2/c1-34-19-12-13-24(31-16-19)27(26(30)33)14-17-10-11-18(15-27)32(17)25(20-6-2-4-8-22(20)28)21-7-3-5-9-23(21)29/h2-9,12-13,16-18,25H,10-11,14-15H2,1H3,(H2,30,33)/t17-,18+,27?. The third kappa shape index (κ3) is 3.86. The number of rotatable bonds is 6. The zero-order valence-electron chi connectivity index (χ0n) is 19.0. The van der Waals surface area contributed by atoms with Crippen LogP contribution in [-0.2, 0) is 10.2 Å². The number of hydrogen-bond acceptors (Lipinski definition) is 4. The van der Waals surface area contributed by atoms with Gasteiger partial charge in [-0.2, -0.15) is 0 Å². The van der Waals surface area contributed by atoms with Gasteiger partial charge >= 0.3 is 0 Å². The molecule has 3 aromatic rings. The summed E-state index contributed by atoms with van der Waals surface area (Å²) in [4.78, 5) is 20.1. The Bertz CT molecular complexity index is 1140. The molecule has 0 spiro atoms. The molecule has 0 saturated carbocycles. The third-order valence-corrected chi connectivity index (χ3v) is 8.16. The van der Waals surface area contributed by atoms with E-state index >= 15 is 0 Å². The average Bonchev–Trinajstić information content (AvgIpc) is 3.10. The molecule has 34 heavy (non-hydrogen) atoms. The minimum atomic E-state index is -0.819. The highest BCUT2D eigenvalue weighted by Crippen LogP contribution is 2.52. The number of carbonyl (C=O) groups is 1. The Balaban J connectivity index is 1.58. The SMILES string of the molecule is COc1ccc(C2(C(N)=O)C[C@H]3CC[C@@H](C2)N3C(c2ccccc2Cl)c2ccccc2Cl)nc1. The maximum absolute atomic E-state index is 13.0. The van der Waals surface area contributed by atoms with Crippen LogP contribution in [0.4, 0.5) is 0 Å². The molecule has 2 aliphatic heterocycles. The molecule has 0 radical (unpaired) electrons. The lowest BCUT2D eigenvalue weighted by Crippen LogP contribution is -2.56. The van der Waals surface area contributed by atoms with Gasteiger partial charge in [0, 0.05) is 22.1 Å². The number of nitrogens with zero attached hydrogens (tertiary/aromatic N) is 2. The van der Waals surface area contributed by atoms with E-state index in [1.165, 1.54) is 0 Å². The van der Waals surface area contributed by atoms with Crippen molar-refractivity contribution in [1.29, 1.82) is 0 Å². The van der Waals surface area contributed by atoms with Crippen LogP contribution in [0.2, 0.25) is 10.0 Å². The van der Waals surface area contributed by atoms with Crippen molar-refractivity contribution in [2.75, 3.05) is 7.11 Å². The second kappa shape index (κ2) is 9.21. The number of benzene rings is 2. The van der Waals surface area contributed by atoms with Crippen LogP contribution in [0.15, 0.2) is 66.9 Å². The lowest BCUT2D eigenvalue weighted by molar-refractivity contribution is -0.127. The van der Waals surface area contributed by atoms with E-state index in [2.05, 4.69) is 22.0 Å². The number of carbonyl (C=O) groups excluding carboxylic acids is 1. The van der Waals surface area contributed by atoms with Gasteiger partial charge in [-0.05, 0) is 61.1 Å². The van der Waals surface area contributed by atoms with Gasteiger partial charge in [-0.15, -0.1) is 0 Å². The number of amides is 1. The normalized spacial score (nSPS) is 24.4. The molecule has 176 valence electrons. The minimum Gasteiger partial charge on any atom is -0.495 e. The number of nitrogens with two attached hydrogens (primary N) is 1. The Morgan fingerprint density at radius 2 is 1.56 bits per heavy atom. The number of pyridine rings is 1. The number of halogens is 2. The molecule has 0 aliphatic carbocycles. The summed E-state index contributed by atoms with van der Waals surface area (Å²) in [6.45, 7) is 0. The summed E-state index contributed by atoms with van der Waals surface area (Å²) in [5.74, 6) is 0.329. The first-order valence-corrected chi connectivity index (χ1v) is 12.3. The molecule has 2 saturated heterocycles. The molecule has 2 fully saturated rings. The fourth-order valence-electron chi connectivity index (χ4n) is 5.91. The van der Waals surface area contributed by atoms with Crippen molar-refractivity contribution in [3.05, 3.63) is 93.7 Å². The highest BCUT2D eigenvalue weighted by Gasteiger charge is 2.55. The van der Waals surface area contributed by atoms with Crippen LogP contribution in [-0.4, -0.2) is 35.0 Å². The summed E-state index contributed by atoms with van der Waals surface area (Å²) in [6.07, 6.45) is 4.81. The summed E-state index contributed by atoms with van der Waals surface area (Å²) < 4.78 is 5.26. The minimum absolute atomic E-state index is 0.116. The van der Waals surface area contributed by atoms with Crippen LogP contribution >= 0.6 is 23.2 Å². The smallest absolute Gasteiger partial charge is 0.229 e. The largest absolute Gasteiger partial charge is 0.495 e. The first kappa shape index (κ1) is 23.2. The van der Waals surface area contributed by atoms with Crippen molar-refractivity contribution in [2.45, 2.75) is 49.2 Å². The maximum atomic E-state index is 13.0. The molecule has 1 unspecified atom stereocenters. The Labute approximate surface area is 209 Å². The topological polar surface area (TPSA) is 68.5 Å². The van der Waals surface area contributed by atoms with Crippen molar-refractivity contribution in [1.82, 2.24) is 9.88 Å². The second-order valence-electron chi connectivity index (χ2n) is 9.22. The highest BCUT2D eigenvalue weighted by molar-refractivity contribution is 6.32. The molecule has 7 heteroatoms. The van der Waals surface area contributed by atoms with Gasteiger partial charge in [0.1, 0.15) is 5.75 Å². The predicted octanol–water partition coefficient (Wildman–Crippen LogP) is 5.54. The van der Waals surface area contributed by atoms with E-state index < -0.39 is 5.41 Å². The number of fused-ring (bicyclic) bond motifs is 2. The molecule has 3 atom stereocenters. The Morgan fingerprint density at radius 3 is 2.00 bits per heavy atom. The molecule has 2 aliphatic rings. The van der Waals surface area contributed by atoms with E-state index in [0.717, 1.165) is 24.0 Å². The number of ether oxygens (including phenoxy) is 1. The van der Waals surface area contributed by atoms with Crippen molar-refractivity contribution >= 4 is 29.1 Å². The molecule has 5 rings (SSSR count). The molecule has 1 amide bonds. The maximum Gasteiger partial charge on any atom is 0.229 e. The Morgan fingerprint density at radius 1 is 1.00 bits per heavy atom. The van der Waals surface area contributed by atoms with Crippen molar-refractivity contribution < 1.29 is 9.53 Å². The highest BCUT2D eigenvalue weighted by atomic mass is 35.5. The van der Waals surface area contributed by atoms with Crippen molar-refractivity contribution in [2.24, 2.45) is 5.73 Å². The van der Waals surface area contributed by atoms with Crippen LogP contribution in [0.1, 0.15) is 48.5 Å². The predicted molar refractivity (Wildman–Crippen MR) is 134 cm³/mol. The van der Waals surface area contributed by atoms with Crippen LogP contribution in [0.5, 0.6) is 5.75 Å². The Kier molecular flexibility index (Phi) is 6.28. The number of primary amides is 1. The molecule has 2 aromatic carbocycles. The number of methoxy groups -OCH3 is 1. The van der Waals surface area contributed by atoms with E-state index in [9.17, 15) is 4.79 Å². The number of hydrogen-bond donors (Lipinski definition) is 1. The van der Waals surface area contributed by atoms with Gasteiger partial charge in [-0.25, -0.2) is 0 Å². The van der Waals surface area contributed by atoms with Gasteiger partial charge < -0.3 is 10.5 Å². The molecule has 1 aromatic heterocycles. The molecular weight excluding hydrogens is 469 g/mol. The van der Waals surface area contributed by atoms with Crippen LogP contribution < -0.4 is 10.5 Å². The lowest BCUT2D eigenvalue weighted by atomic mass is 9.70. The summed E-state index contributed by atoms with van der Waals surface area (Å²) >= 11 is 13.4. The van der Waals surface area contributed by atoms with Crippen LogP contribution in [0.3, 0.4) is 0 Å². The summed E-state index contributed by atoms with van der Waals surface area (Å²) in [5.41, 5.74) is 8.01. The van der Waals surface area contributed by atoms with Crippen molar-refractivity contribution in [3.8, 4) is 5.75 Å². The molecule has 2 N–H and O–H groups in total. The monoisotopic (exact) mass is 495 g/mol. The van der Waals surface area contributed by atoms with E-state index in [-0.39, 0.29) is 24.0 Å². The average molecular weight is 496 g/mol. The summed E-state index contributed by atoms with van der Waals surface area (Å²) in [7, 11) is 1.60. The molecule has 5 nitrogen and oxygen atoms in total. The quantitative estimate of drug-likeness (QED) is 0.487. The van der Waals surface area contributed by atoms with Gasteiger partial charge in [0.05, 0.1) is 30.5 Å². The first-order chi connectivity index (χ1) is 16.4. The van der Waals surface area contributed by atoms with Crippen LogP contribution in [0, 0.1) is 0 Å². The third-order valence-electron chi connectivity index (χ3n) is 7.48. The van der Waals surface area contributed by atoms with E-state index in [1.54, 1.807) is 13.3 Å². The first-order valence-electron chi connectivity index (χ1n) is 11.5. The van der Waals surface area contributed by atoms with E-state index in [4.69, 9.17) is 33.7 Å². The second-order valence-corrected chi connectivity index (χ2v) is 10.0. The van der Waals surface area contributed by atoms with Gasteiger partial charge in [-0.1, -0.05) is 59.6 Å². The number of aromatic nitrogens is 1. The van der Waals surface area contributed by atoms with Gasteiger partial charge in [0.15, 0.2) is 0 Å². The Hall–Kier alpha value is -2.60. The van der Waals surface area contributed by atoms with E-state index in [0.29, 0.717) is 34.3 Å². The zero-order valence-corrected chi connectivity index (χ0v) is 20.5. The fraction of sp³-hybridized carbons (Fsp3) is 0.333. The van der Waals surface area contributed by atoms with Gasteiger partial charge in [0.2, 0.25) is 5.91 Å². The van der Waals surface area contributed by atoms with Gasteiger partial charge in [0.25, 0.3) is 0 Å². The number of piperidine rings is 1. The van der Waals surface area contributed by atoms with Crippen molar-refractivity contribution in [3.63, 3.8) is 0 Å². The lowest BCUT2D eigenvalue weighted by Gasteiger charge is -2.48. The van der Waals surface area contributed by atoms with E-state index in [1.807, 2.05) is 48.5 Å². The van der Waals surface area contributed by atoms with Gasteiger partial charge in [-0.3, -0.25) is 14.7 Å². The van der Waals surface area contributed by atoms with Crippen LogP contribution in [0.25, 0.3) is 0 Å². The zero-order chi connectivity index (χ0) is 23.9. The molecular formula is C27H27Cl2N3O2. The fourth-order valence-corrected chi connectivity index (χ4v) is 6.39. The molecule has 2 bridgehead atoms. The summed E-state index contributed by atoms with van der Waals surface area (Å²) in [5, 5.41) is 1.41. The molecule has 3 heterocycles.